The lowest BCUT2D eigenvalue weighted by molar-refractivity contribution is 0.884. The number of anilines is 2. The van der Waals surface area contributed by atoms with E-state index in [9.17, 15) is 0 Å². The zero-order valence-corrected chi connectivity index (χ0v) is 13.3. The molecule has 0 saturated carbocycles. The van der Waals surface area contributed by atoms with E-state index >= 15 is 0 Å². The summed E-state index contributed by atoms with van der Waals surface area (Å²) in [4.78, 5) is 2.08. The summed E-state index contributed by atoms with van der Waals surface area (Å²) in [5.41, 5.74) is 3.38. The van der Waals surface area contributed by atoms with Crippen molar-refractivity contribution < 1.29 is 0 Å². The topological polar surface area (TPSA) is 15.3 Å². The molecule has 2 rings (SSSR count). The van der Waals surface area contributed by atoms with E-state index in [0.29, 0.717) is 10.0 Å². The smallest absolute Gasteiger partial charge is 0.0612 e. The highest BCUT2D eigenvalue weighted by Crippen LogP contribution is 2.27. The van der Waals surface area contributed by atoms with Crippen LogP contribution in [0, 0.1) is 0 Å². The van der Waals surface area contributed by atoms with Gasteiger partial charge in [0.2, 0.25) is 0 Å². The Kier molecular flexibility index (Phi) is 4.79. The van der Waals surface area contributed by atoms with Gasteiger partial charge in [0.05, 0.1) is 10.0 Å². The number of benzene rings is 2. The monoisotopic (exact) mass is 308 g/mol. The first-order valence-corrected chi connectivity index (χ1v) is 7.22. The minimum absolute atomic E-state index is 0.198. The van der Waals surface area contributed by atoms with Gasteiger partial charge in [0.15, 0.2) is 0 Å². The minimum Gasteiger partial charge on any atom is -0.378 e. The summed E-state index contributed by atoms with van der Waals surface area (Å²) in [6.45, 7) is 2.12. The van der Waals surface area contributed by atoms with Gasteiger partial charge in [0.25, 0.3) is 0 Å². The zero-order valence-electron chi connectivity index (χ0n) is 11.8. The van der Waals surface area contributed by atoms with Crippen LogP contribution in [-0.4, -0.2) is 14.1 Å². The van der Waals surface area contributed by atoms with E-state index in [2.05, 4.69) is 41.4 Å². The normalized spacial score (nSPS) is 12.1. The zero-order chi connectivity index (χ0) is 14.7. The van der Waals surface area contributed by atoms with E-state index in [-0.39, 0.29) is 6.04 Å². The van der Waals surface area contributed by atoms with Crippen LogP contribution in [0.5, 0.6) is 0 Å². The van der Waals surface area contributed by atoms with Crippen LogP contribution in [0.1, 0.15) is 18.5 Å². The number of hydrogen-bond donors (Lipinski definition) is 1. The first-order chi connectivity index (χ1) is 9.47. The Morgan fingerprint density at radius 1 is 0.950 bits per heavy atom. The van der Waals surface area contributed by atoms with E-state index in [4.69, 9.17) is 23.2 Å². The summed E-state index contributed by atoms with van der Waals surface area (Å²) in [5, 5.41) is 4.55. The average Bonchev–Trinajstić information content (AvgIpc) is 2.43. The third-order valence-corrected chi connectivity index (χ3v) is 3.95. The van der Waals surface area contributed by atoms with E-state index in [0.717, 1.165) is 5.69 Å². The molecule has 1 N–H and O–H groups in total. The van der Waals surface area contributed by atoms with Crippen LogP contribution in [-0.2, 0) is 0 Å². The molecule has 0 heterocycles. The molecule has 0 aromatic heterocycles. The van der Waals surface area contributed by atoms with Gasteiger partial charge >= 0.3 is 0 Å². The number of nitrogens with zero attached hydrogens (tertiary/aromatic N) is 1. The Balaban J connectivity index is 2.10. The molecule has 0 radical (unpaired) electrons. The Morgan fingerprint density at radius 3 is 2.15 bits per heavy atom. The maximum atomic E-state index is 6.02. The fourth-order valence-electron chi connectivity index (χ4n) is 1.98. The standard InChI is InChI=1S/C16H18Cl2N2/c1-11(12-4-7-14(8-5-12)20(2)3)19-13-6-9-15(17)16(18)10-13/h4-11,19H,1-3H3. The summed E-state index contributed by atoms with van der Waals surface area (Å²) in [5.74, 6) is 0. The lowest BCUT2D eigenvalue weighted by Crippen LogP contribution is -2.10. The van der Waals surface area contributed by atoms with Gasteiger partial charge < -0.3 is 10.2 Å². The fraction of sp³-hybridized carbons (Fsp3) is 0.250. The second kappa shape index (κ2) is 6.38. The third-order valence-electron chi connectivity index (χ3n) is 3.21. The van der Waals surface area contributed by atoms with Crippen molar-refractivity contribution in [2.24, 2.45) is 0 Å². The molecule has 0 aliphatic heterocycles. The molecule has 0 aliphatic rings. The molecule has 1 atom stereocenters. The third kappa shape index (κ3) is 3.59. The van der Waals surface area contributed by atoms with E-state index in [1.807, 2.05) is 26.2 Å². The van der Waals surface area contributed by atoms with Crippen molar-refractivity contribution in [3.8, 4) is 0 Å². The lowest BCUT2D eigenvalue weighted by Gasteiger charge is -2.18. The molecule has 0 fully saturated rings. The summed E-state index contributed by atoms with van der Waals surface area (Å²) in [6.07, 6.45) is 0. The van der Waals surface area contributed by atoms with Crippen LogP contribution in [0.25, 0.3) is 0 Å². The van der Waals surface area contributed by atoms with Crippen molar-refractivity contribution in [1.29, 1.82) is 0 Å². The molecule has 106 valence electrons. The fourth-order valence-corrected chi connectivity index (χ4v) is 2.28. The molecule has 2 aromatic rings. The number of rotatable bonds is 4. The lowest BCUT2D eigenvalue weighted by atomic mass is 10.1. The largest absolute Gasteiger partial charge is 0.378 e. The van der Waals surface area contributed by atoms with Crippen LogP contribution < -0.4 is 10.2 Å². The predicted molar refractivity (Wildman–Crippen MR) is 89.3 cm³/mol. The van der Waals surface area contributed by atoms with Gasteiger partial charge in [0, 0.05) is 31.5 Å². The SMILES string of the molecule is CC(Nc1ccc(Cl)c(Cl)c1)c1ccc(N(C)C)cc1. The second-order valence-corrected chi connectivity index (χ2v) is 5.80. The van der Waals surface area contributed by atoms with Gasteiger partial charge in [-0.15, -0.1) is 0 Å². The van der Waals surface area contributed by atoms with Crippen molar-refractivity contribution in [3.05, 3.63) is 58.1 Å². The van der Waals surface area contributed by atoms with E-state index in [1.165, 1.54) is 11.3 Å². The van der Waals surface area contributed by atoms with Crippen molar-refractivity contribution in [3.63, 3.8) is 0 Å². The van der Waals surface area contributed by atoms with Crippen LogP contribution in [0.4, 0.5) is 11.4 Å². The molecule has 2 aromatic carbocycles. The summed E-state index contributed by atoms with van der Waals surface area (Å²) in [7, 11) is 4.07. The maximum absolute atomic E-state index is 6.02. The Bertz CT molecular complexity index is 580. The highest BCUT2D eigenvalue weighted by Gasteiger charge is 2.07. The minimum atomic E-state index is 0.198. The number of hydrogen-bond acceptors (Lipinski definition) is 2. The van der Waals surface area contributed by atoms with Gasteiger partial charge in [-0.1, -0.05) is 35.3 Å². The van der Waals surface area contributed by atoms with Crippen molar-refractivity contribution in [1.82, 2.24) is 0 Å². The number of nitrogens with one attached hydrogen (secondary N) is 1. The molecule has 4 heteroatoms. The maximum Gasteiger partial charge on any atom is 0.0612 e. The molecule has 0 aliphatic carbocycles. The molecule has 0 spiro atoms. The quantitative estimate of drug-likeness (QED) is 0.831. The highest BCUT2D eigenvalue weighted by molar-refractivity contribution is 6.42. The van der Waals surface area contributed by atoms with Crippen LogP contribution in [0.2, 0.25) is 10.0 Å². The Labute approximate surface area is 130 Å². The van der Waals surface area contributed by atoms with Crippen LogP contribution in [0.15, 0.2) is 42.5 Å². The summed E-state index contributed by atoms with van der Waals surface area (Å²) < 4.78 is 0. The second-order valence-electron chi connectivity index (χ2n) is 4.98. The van der Waals surface area contributed by atoms with Gasteiger partial charge in [-0.3, -0.25) is 0 Å². The Hall–Kier alpha value is -1.38. The van der Waals surface area contributed by atoms with Gasteiger partial charge in [-0.05, 0) is 42.8 Å². The average molecular weight is 309 g/mol. The summed E-state index contributed by atoms with van der Waals surface area (Å²) >= 11 is 11.9. The molecule has 20 heavy (non-hydrogen) atoms. The molecular weight excluding hydrogens is 291 g/mol. The predicted octanol–water partition coefficient (Wildman–Crippen LogP) is 5.23. The molecule has 0 bridgehead atoms. The van der Waals surface area contributed by atoms with Crippen LogP contribution in [0.3, 0.4) is 0 Å². The molecule has 2 nitrogen and oxygen atoms in total. The van der Waals surface area contributed by atoms with Crippen LogP contribution >= 0.6 is 23.2 Å². The molecule has 1 unspecified atom stereocenters. The van der Waals surface area contributed by atoms with Crippen molar-refractivity contribution >= 4 is 34.6 Å². The Morgan fingerprint density at radius 2 is 1.60 bits per heavy atom. The van der Waals surface area contributed by atoms with Gasteiger partial charge in [-0.2, -0.15) is 0 Å². The van der Waals surface area contributed by atoms with Gasteiger partial charge in [-0.25, -0.2) is 0 Å². The van der Waals surface area contributed by atoms with Crippen molar-refractivity contribution in [2.75, 3.05) is 24.3 Å². The molecular formula is C16H18Cl2N2. The highest BCUT2D eigenvalue weighted by atomic mass is 35.5. The van der Waals surface area contributed by atoms with E-state index in [1.54, 1.807) is 6.07 Å². The van der Waals surface area contributed by atoms with Gasteiger partial charge in [0.1, 0.15) is 0 Å². The molecule has 0 amide bonds. The first-order valence-electron chi connectivity index (χ1n) is 6.46. The van der Waals surface area contributed by atoms with E-state index < -0.39 is 0 Å². The number of halogens is 2. The molecule has 0 saturated heterocycles. The van der Waals surface area contributed by atoms with Crippen molar-refractivity contribution in [2.45, 2.75) is 13.0 Å². The summed E-state index contributed by atoms with van der Waals surface area (Å²) in [6, 6.07) is 14.3. The first kappa shape index (κ1) is 15.0.